The maximum absolute atomic E-state index is 12.9. The molecule has 0 aromatic heterocycles. The normalized spacial score (nSPS) is 12.3. The molecule has 0 spiro atoms. The molecule has 0 amide bonds. The smallest absolute Gasteiger partial charge is 0.306 e. The highest BCUT2D eigenvalue weighted by Gasteiger charge is 2.19. The van der Waals surface area contributed by atoms with Crippen LogP contribution in [0, 0.1) is 0 Å². The van der Waals surface area contributed by atoms with Crippen LogP contribution in [0.4, 0.5) is 0 Å². The Kier molecular flexibility index (Phi) is 55.7. The van der Waals surface area contributed by atoms with E-state index in [1.54, 1.807) is 0 Å². The van der Waals surface area contributed by atoms with E-state index in [-0.39, 0.29) is 31.1 Å². The highest BCUT2D eigenvalue weighted by Crippen LogP contribution is 2.16. The average molecular weight is 968 g/mol. The van der Waals surface area contributed by atoms with Gasteiger partial charge in [0.1, 0.15) is 13.2 Å². The SMILES string of the molecule is CCCCCC/C=C\C/C=C\CCCCCCCC(=O)OCC(COC(=O)CCCCCCCCC/C=C\CCCCCCCCC)OC(=O)CCCCCCCCC/C=C\CCCCCCCC. The van der Waals surface area contributed by atoms with E-state index >= 15 is 0 Å². The molecular formula is C63H114O6. The van der Waals surface area contributed by atoms with Crippen LogP contribution in [0.1, 0.15) is 316 Å². The number of carbonyl (C=O) groups is 3. The van der Waals surface area contributed by atoms with Gasteiger partial charge in [-0.1, -0.05) is 243 Å². The largest absolute Gasteiger partial charge is 0.462 e. The molecule has 0 fully saturated rings. The summed E-state index contributed by atoms with van der Waals surface area (Å²) >= 11 is 0. The Labute approximate surface area is 428 Å². The third kappa shape index (κ3) is 56.2. The Balaban J connectivity index is 4.39. The lowest BCUT2D eigenvalue weighted by Gasteiger charge is -2.18. The predicted molar refractivity (Wildman–Crippen MR) is 298 cm³/mol. The highest BCUT2D eigenvalue weighted by molar-refractivity contribution is 5.71. The lowest BCUT2D eigenvalue weighted by Crippen LogP contribution is -2.30. The van der Waals surface area contributed by atoms with E-state index in [1.165, 1.54) is 199 Å². The zero-order valence-corrected chi connectivity index (χ0v) is 46.1. The molecule has 0 aliphatic heterocycles. The van der Waals surface area contributed by atoms with Crippen molar-refractivity contribution in [1.82, 2.24) is 0 Å². The van der Waals surface area contributed by atoms with Crippen LogP contribution >= 0.6 is 0 Å². The number of hydrogen-bond acceptors (Lipinski definition) is 6. The fraction of sp³-hybridized carbons (Fsp3) is 0.825. The molecule has 0 aliphatic carbocycles. The van der Waals surface area contributed by atoms with Crippen molar-refractivity contribution < 1.29 is 28.6 Å². The van der Waals surface area contributed by atoms with E-state index in [0.29, 0.717) is 19.3 Å². The first kappa shape index (κ1) is 66.4. The van der Waals surface area contributed by atoms with Crippen LogP contribution < -0.4 is 0 Å². The number of unbranched alkanes of at least 4 members (excludes halogenated alkanes) is 36. The average Bonchev–Trinajstić information content (AvgIpc) is 3.35. The minimum Gasteiger partial charge on any atom is -0.462 e. The van der Waals surface area contributed by atoms with Crippen LogP contribution in [0.25, 0.3) is 0 Å². The van der Waals surface area contributed by atoms with Gasteiger partial charge in [0.2, 0.25) is 0 Å². The summed E-state index contributed by atoms with van der Waals surface area (Å²) in [7, 11) is 0. The van der Waals surface area contributed by atoms with Crippen LogP contribution in [0.15, 0.2) is 48.6 Å². The lowest BCUT2D eigenvalue weighted by atomic mass is 10.1. The van der Waals surface area contributed by atoms with Gasteiger partial charge in [0.15, 0.2) is 6.10 Å². The minimum absolute atomic E-state index is 0.0800. The summed E-state index contributed by atoms with van der Waals surface area (Å²) in [5, 5.41) is 0. The van der Waals surface area contributed by atoms with Gasteiger partial charge in [-0.3, -0.25) is 14.4 Å². The number of allylic oxidation sites excluding steroid dienone is 8. The summed E-state index contributed by atoms with van der Waals surface area (Å²) in [5.74, 6) is -0.887. The van der Waals surface area contributed by atoms with Crippen LogP contribution in [0.2, 0.25) is 0 Å². The van der Waals surface area contributed by atoms with E-state index in [2.05, 4.69) is 69.4 Å². The topological polar surface area (TPSA) is 78.9 Å². The second kappa shape index (κ2) is 57.9. The molecule has 402 valence electrons. The van der Waals surface area contributed by atoms with E-state index in [9.17, 15) is 14.4 Å². The molecule has 0 aromatic rings. The molecule has 0 bridgehead atoms. The van der Waals surface area contributed by atoms with Gasteiger partial charge < -0.3 is 14.2 Å². The van der Waals surface area contributed by atoms with Gasteiger partial charge in [-0.15, -0.1) is 0 Å². The Hall–Kier alpha value is -2.63. The molecule has 6 heteroatoms. The standard InChI is InChI=1S/C63H114O6/c1-4-7-10-13-16-19-22-25-28-31-33-35-38-41-44-47-50-53-56-62(65)68-59-60(58-67-61(64)55-52-49-46-43-40-37-34-30-27-24-21-18-15-12-9-6-3)69-63(66)57-54-51-48-45-42-39-36-32-29-26-23-20-17-14-11-8-5-2/h21,24,26,28-31,34,60H,4-20,22-23,25,27,32-33,35-59H2,1-3H3/b24-21-,29-26-,31-28-,34-30-. The van der Waals surface area contributed by atoms with Gasteiger partial charge >= 0.3 is 17.9 Å². The number of ether oxygens (including phenoxy) is 3. The summed E-state index contributed by atoms with van der Waals surface area (Å²) in [5.41, 5.74) is 0. The Morgan fingerprint density at radius 1 is 0.290 bits per heavy atom. The van der Waals surface area contributed by atoms with Gasteiger partial charge in [0, 0.05) is 19.3 Å². The second-order valence-corrected chi connectivity index (χ2v) is 20.2. The van der Waals surface area contributed by atoms with Gasteiger partial charge in [-0.05, 0) is 103 Å². The molecule has 0 rings (SSSR count). The molecule has 0 heterocycles. The van der Waals surface area contributed by atoms with Crippen molar-refractivity contribution in [3.8, 4) is 0 Å². The van der Waals surface area contributed by atoms with Crippen molar-refractivity contribution in [1.29, 1.82) is 0 Å². The maximum Gasteiger partial charge on any atom is 0.306 e. The summed E-state index contributed by atoms with van der Waals surface area (Å²) in [4.78, 5) is 38.2. The monoisotopic (exact) mass is 967 g/mol. The van der Waals surface area contributed by atoms with Crippen LogP contribution in [0.5, 0.6) is 0 Å². The molecule has 0 saturated carbocycles. The predicted octanol–water partition coefficient (Wildman–Crippen LogP) is 20.2. The summed E-state index contributed by atoms with van der Waals surface area (Å²) in [6, 6.07) is 0. The van der Waals surface area contributed by atoms with Gasteiger partial charge in [-0.2, -0.15) is 0 Å². The van der Waals surface area contributed by atoms with E-state index < -0.39 is 6.10 Å². The van der Waals surface area contributed by atoms with Crippen LogP contribution in [-0.4, -0.2) is 37.2 Å². The zero-order valence-electron chi connectivity index (χ0n) is 46.1. The number of rotatable bonds is 55. The van der Waals surface area contributed by atoms with E-state index in [4.69, 9.17) is 14.2 Å². The molecule has 0 aliphatic rings. The molecule has 0 radical (unpaired) electrons. The third-order valence-electron chi connectivity index (χ3n) is 13.3. The highest BCUT2D eigenvalue weighted by atomic mass is 16.6. The van der Waals surface area contributed by atoms with Gasteiger partial charge in [0.05, 0.1) is 0 Å². The summed E-state index contributed by atoms with van der Waals surface area (Å²) < 4.78 is 16.9. The number of carbonyl (C=O) groups excluding carboxylic acids is 3. The van der Waals surface area contributed by atoms with Crippen molar-refractivity contribution in [3.05, 3.63) is 48.6 Å². The molecule has 1 atom stereocenters. The molecule has 0 N–H and O–H groups in total. The first-order valence-electron chi connectivity index (χ1n) is 30.1. The fourth-order valence-corrected chi connectivity index (χ4v) is 8.70. The zero-order chi connectivity index (χ0) is 50.0. The molecular weight excluding hydrogens is 853 g/mol. The molecule has 1 unspecified atom stereocenters. The maximum atomic E-state index is 12.9. The van der Waals surface area contributed by atoms with Gasteiger partial charge in [0.25, 0.3) is 0 Å². The van der Waals surface area contributed by atoms with Crippen molar-refractivity contribution in [2.45, 2.75) is 322 Å². The van der Waals surface area contributed by atoms with E-state index in [1.807, 2.05) is 0 Å². The number of esters is 3. The Morgan fingerprint density at radius 2 is 0.522 bits per heavy atom. The summed E-state index contributed by atoms with van der Waals surface area (Å²) in [6.45, 7) is 6.63. The molecule has 69 heavy (non-hydrogen) atoms. The Morgan fingerprint density at radius 3 is 0.826 bits per heavy atom. The van der Waals surface area contributed by atoms with Crippen LogP contribution in [0.3, 0.4) is 0 Å². The Bertz CT molecular complexity index is 1200. The van der Waals surface area contributed by atoms with E-state index in [0.717, 1.165) is 77.0 Å². The van der Waals surface area contributed by atoms with Crippen molar-refractivity contribution in [3.63, 3.8) is 0 Å². The lowest BCUT2D eigenvalue weighted by molar-refractivity contribution is -0.167. The van der Waals surface area contributed by atoms with Crippen molar-refractivity contribution >= 4 is 17.9 Å². The van der Waals surface area contributed by atoms with Crippen LogP contribution in [-0.2, 0) is 28.6 Å². The van der Waals surface area contributed by atoms with Gasteiger partial charge in [-0.25, -0.2) is 0 Å². The summed E-state index contributed by atoms with van der Waals surface area (Å²) in [6.07, 6.45) is 71.0. The molecule has 0 saturated heterocycles. The quantitative estimate of drug-likeness (QED) is 0.0262. The molecule has 6 nitrogen and oxygen atoms in total. The fourth-order valence-electron chi connectivity index (χ4n) is 8.70. The molecule has 0 aromatic carbocycles. The minimum atomic E-state index is -0.783. The second-order valence-electron chi connectivity index (χ2n) is 20.2. The number of hydrogen-bond donors (Lipinski definition) is 0. The van der Waals surface area contributed by atoms with Crippen molar-refractivity contribution in [2.24, 2.45) is 0 Å². The third-order valence-corrected chi connectivity index (χ3v) is 13.3. The van der Waals surface area contributed by atoms with Crippen molar-refractivity contribution in [2.75, 3.05) is 13.2 Å². The first-order valence-corrected chi connectivity index (χ1v) is 30.1. The first-order chi connectivity index (χ1) is 34.0.